The summed E-state index contributed by atoms with van der Waals surface area (Å²) < 4.78 is 61.7. The Balaban J connectivity index is 1.24. The predicted octanol–water partition coefficient (Wildman–Crippen LogP) is 5.71. The first-order chi connectivity index (χ1) is 24.7. The van der Waals surface area contributed by atoms with E-state index in [-0.39, 0.29) is 29.6 Å². The molecule has 1 aliphatic carbocycles. The van der Waals surface area contributed by atoms with Crippen LogP contribution >= 0.6 is 11.6 Å². The van der Waals surface area contributed by atoms with E-state index in [0.29, 0.717) is 23.6 Å². The number of benzene rings is 3. The zero-order chi connectivity index (χ0) is 37.5. The maximum absolute atomic E-state index is 13.4. The Kier molecular flexibility index (Phi) is 11.5. The highest BCUT2D eigenvalue weighted by Crippen LogP contribution is 2.48. The van der Waals surface area contributed by atoms with Crippen LogP contribution in [0.1, 0.15) is 41.6 Å². The Bertz CT molecular complexity index is 1940. The lowest BCUT2D eigenvalue weighted by Crippen LogP contribution is -2.42. The summed E-state index contributed by atoms with van der Waals surface area (Å²) in [5.41, 5.74) is 0.794. The highest BCUT2D eigenvalue weighted by atomic mass is 35.5. The number of carbonyl (C=O) groups is 4. The van der Waals surface area contributed by atoms with Crippen LogP contribution in [0.15, 0.2) is 72.8 Å². The molecule has 1 fully saturated rings. The van der Waals surface area contributed by atoms with Crippen LogP contribution in [0.2, 0.25) is 5.02 Å². The van der Waals surface area contributed by atoms with Crippen LogP contribution in [0, 0.1) is 5.82 Å². The molecule has 0 aliphatic heterocycles. The van der Waals surface area contributed by atoms with Crippen molar-refractivity contribution in [1.29, 1.82) is 0 Å². The van der Waals surface area contributed by atoms with Crippen molar-refractivity contribution in [2.24, 2.45) is 0 Å². The second-order valence-corrected chi connectivity index (χ2v) is 12.0. The molecule has 5 rings (SSSR count). The van der Waals surface area contributed by atoms with Crippen LogP contribution in [0.25, 0.3) is 0 Å². The molecule has 13 nitrogen and oxygen atoms in total. The van der Waals surface area contributed by atoms with E-state index in [2.05, 4.69) is 36.2 Å². The summed E-state index contributed by atoms with van der Waals surface area (Å²) in [6.45, 7) is -1.63. The molecule has 1 saturated carbocycles. The smallest absolute Gasteiger partial charge is 0.422 e. The van der Waals surface area contributed by atoms with Gasteiger partial charge in [0.15, 0.2) is 6.61 Å². The number of anilines is 4. The van der Waals surface area contributed by atoms with Crippen LogP contribution in [0.4, 0.5) is 40.8 Å². The van der Waals surface area contributed by atoms with Crippen LogP contribution in [-0.2, 0) is 24.7 Å². The molecule has 4 N–H and O–H groups in total. The first-order valence-corrected chi connectivity index (χ1v) is 16.0. The molecule has 2 amide bonds. The summed E-state index contributed by atoms with van der Waals surface area (Å²) in [5.74, 6) is -4.34. The topological polar surface area (TPSA) is 174 Å². The molecule has 0 unspecified atom stereocenters. The first kappa shape index (κ1) is 37.4. The van der Waals surface area contributed by atoms with E-state index >= 15 is 0 Å². The Hall–Kier alpha value is -5.84. The number of methoxy groups -OCH3 is 1. The molecule has 1 atom stereocenters. The normalized spacial score (nSPS) is 13.7. The molecular formula is C34H30ClF4N7O6. The fourth-order valence-corrected chi connectivity index (χ4v) is 5.02. The standard InChI is InChI=1S/C34H30ClF4N7O6/c1-51-29(50)25(13-14-26(47)28(49)40-24-4-2-3-22(36)17-24)42-27(48)19-5-11-23(12-6-19)41-30-43-31(45-32(44-30)52-18-34(37,38)39)46-33(15-16-33)20-7-9-21(35)10-8-20/h2-12,17,25H,13-16,18H2,1H3,(H,40,49)(H,42,48)(H2,41,43,44,45,46)/t25-/m0/s1. The average molecular weight is 744 g/mol. The molecule has 1 aliphatic rings. The molecule has 0 saturated heterocycles. The SMILES string of the molecule is COC(=O)[C@H](CCC(=O)C(=O)Nc1cccc(F)c1)NC(=O)c1ccc(Nc2nc(NC3(c4ccc(Cl)cc4)CC3)nc(OCC(F)(F)F)n2)cc1. The minimum Gasteiger partial charge on any atom is -0.467 e. The van der Waals surface area contributed by atoms with Gasteiger partial charge in [0.1, 0.15) is 11.9 Å². The van der Waals surface area contributed by atoms with Gasteiger partial charge in [-0.3, -0.25) is 14.4 Å². The Morgan fingerprint density at radius 2 is 1.62 bits per heavy atom. The molecule has 1 heterocycles. The molecule has 0 radical (unpaired) electrons. The quantitative estimate of drug-likeness (QED) is 0.0668. The second-order valence-electron chi connectivity index (χ2n) is 11.6. The number of nitrogens with zero attached hydrogens (tertiary/aromatic N) is 3. The van der Waals surface area contributed by atoms with E-state index in [9.17, 15) is 36.7 Å². The summed E-state index contributed by atoms with van der Waals surface area (Å²) >= 11 is 6.01. The van der Waals surface area contributed by atoms with Gasteiger partial charge >= 0.3 is 18.2 Å². The predicted molar refractivity (Wildman–Crippen MR) is 180 cm³/mol. The van der Waals surface area contributed by atoms with E-state index < -0.39 is 66.2 Å². The second kappa shape index (κ2) is 16.0. The number of ketones is 1. The van der Waals surface area contributed by atoms with Crippen molar-refractivity contribution in [3.63, 3.8) is 0 Å². The fraction of sp³-hybridized carbons (Fsp3) is 0.265. The number of hydrogen-bond donors (Lipinski definition) is 4. The summed E-state index contributed by atoms with van der Waals surface area (Å²) in [7, 11) is 1.09. The summed E-state index contributed by atoms with van der Waals surface area (Å²) in [6, 6.07) is 15.8. The number of esters is 1. The highest BCUT2D eigenvalue weighted by Gasteiger charge is 2.45. The first-order valence-electron chi connectivity index (χ1n) is 15.6. The van der Waals surface area contributed by atoms with Gasteiger partial charge in [0.2, 0.25) is 17.7 Å². The number of nitrogens with one attached hydrogen (secondary N) is 4. The van der Waals surface area contributed by atoms with Gasteiger partial charge in [0.05, 0.1) is 12.6 Å². The Morgan fingerprint density at radius 3 is 2.25 bits per heavy atom. The van der Waals surface area contributed by atoms with E-state index in [1.807, 2.05) is 12.1 Å². The number of amides is 2. The third-order valence-corrected chi connectivity index (χ3v) is 7.92. The molecule has 0 spiro atoms. The van der Waals surface area contributed by atoms with Crippen LogP contribution < -0.4 is 26.0 Å². The monoisotopic (exact) mass is 743 g/mol. The lowest BCUT2D eigenvalue weighted by Gasteiger charge is -2.19. The summed E-state index contributed by atoms with van der Waals surface area (Å²) in [6.07, 6.45) is -3.97. The van der Waals surface area contributed by atoms with E-state index in [1.165, 1.54) is 42.5 Å². The van der Waals surface area contributed by atoms with E-state index in [1.54, 1.807) is 12.1 Å². The molecule has 3 aromatic carbocycles. The Labute approximate surface area is 298 Å². The zero-order valence-corrected chi connectivity index (χ0v) is 28.0. The number of ether oxygens (including phenoxy) is 2. The number of carbonyl (C=O) groups excluding carboxylic acids is 4. The van der Waals surface area contributed by atoms with Gasteiger partial charge in [0, 0.05) is 28.4 Å². The summed E-state index contributed by atoms with van der Waals surface area (Å²) in [5, 5.41) is 11.3. The Morgan fingerprint density at radius 1 is 0.923 bits per heavy atom. The van der Waals surface area contributed by atoms with Crippen molar-refractivity contribution in [3.8, 4) is 6.01 Å². The molecule has 272 valence electrons. The maximum atomic E-state index is 13.4. The third-order valence-electron chi connectivity index (χ3n) is 7.67. The lowest BCUT2D eigenvalue weighted by atomic mass is 10.1. The van der Waals surface area contributed by atoms with Gasteiger partial charge in [0.25, 0.3) is 11.8 Å². The van der Waals surface area contributed by atoms with Gasteiger partial charge in [-0.15, -0.1) is 0 Å². The number of aromatic nitrogens is 3. The van der Waals surface area contributed by atoms with Crippen LogP contribution in [0.3, 0.4) is 0 Å². The molecule has 4 aromatic rings. The van der Waals surface area contributed by atoms with Crippen molar-refractivity contribution < 1.29 is 46.2 Å². The fourth-order valence-electron chi connectivity index (χ4n) is 4.90. The number of hydrogen-bond acceptors (Lipinski definition) is 11. The lowest BCUT2D eigenvalue weighted by molar-refractivity contribution is -0.154. The highest BCUT2D eigenvalue weighted by molar-refractivity contribution is 6.40. The van der Waals surface area contributed by atoms with Gasteiger partial charge in [-0.2, -0.15) is 28.1 Å². The van der Waals surface area contributed by atoms with Gasteiger partial charge in [-0.25, -0.2) is 9.18 Å². The van der Waals surface area contributed by atoms with Gasteiger partial charge < -0.3 is 30.7 Å². The van der Waals surface area contributed by atoms with Gasteiger partial charge in [-0.1, -0.05) is 29.8 Å². The molecule has 18 heteroatoms. The third kappa shape index (κ3) is 10.3. The largest absolute Gasteiger partial charge is 0.467 e. The number of rotatable bonds is 15. The van der Waals surface area contributed by atoms with Crippen molar-refractivity contribution in [1.82, 2.24) is 20.3 Å². The summed E-state index contributed by atoms with van der Waals surface area (Å²) in [4.78, 5) is 62.3. The van der Waals surface area contributed by atoms with E-state index in [4.69, 9.17) is 21.1 Å². The van der Waals surface area contributed by atoms with Gasteiger partial charge in [-0.05, 0) is 79.4 Å². The molecule has 52 heavy (non-hydrogen) atoms. The number of halogens is 5. The van der Waals surface area contributed by atoms with Crippen LogP contribution in [0.5, 0.6) is 6.01 Å². The number of alkyl halides is 3. The average Bonchev–Trinajstić information content (AvgIpc) is 3.89. The zero-order valence-electron chi connectivity index (χ0n) is 27.2. The van der Waals surface area contributed by atoms with Crippen LogP contribution in [-0.4, -0.2) is 64.5 Å². The van der Waals surface area contributed by atoms with E-state index in [0.717, 1.165) is 18.7 Å². The maximum Gasteiger partial charge on any atom is 0.422 e. The minimum absolute atomic E-state index is 0.0445. The van der Waals surface area contributed by atoms with Crippen molar-refractivity contribution in [3.05, 3.63) is 94.8 Å². The van der Waals surface area contributed by atoms with Crippen molar-refractivity contribution >= 4 is 58.4 Å². The van der Waals surface area contributed by atoms with Crippen molar-refractivity contribution in [2.45, 2.75) is 43.4 Å². The molecular weight excluding hydrogens is 714 g/mol. The van der Waals surface area contributed by atoms with Crippen molar-refractivity contribution in [2.75, 3.05) is 29.7 Å². The molecule has 1 aromatic heterocycles. The number of Topliss-reactive ketones (excluding diaryl/α,β-unsaturated/α-hetero) is 1. The molecule has 0 bridgehead atoms. The minimum atomic E-state index is -4.65.